The highest BCUT2D eigenvalue weighted by molar-refractivity contribution is 7.97. The summed E-state index contributed by atoms with van der Waals surface area (Å²) in [5.74, 6) is -1.24. The van der Waals surface area contributed by atoms with Crippen LogP contribution in [-0.4, -0.2) is 24.1 Å². The highest BCUT2D eigenvalue weighted by Gasteiger charge is 2.23. The number of amides is 1. The number of nitrogens with two attached hydrogens (primary N) is 2. The quantitative estimate of drug-likeness (QED) is 0.119. The van der Waals surface area contributed by atoms with Gasteiger partial charge < -0.3 is 25.3 Å². The summed E-state index contributed by atoms with van der Waals surface area (Å²) in [6, 6.07) is 11.5. The van der Waals surface area contributed by atoms with Crippen molar-refractivity contribution < 1.29 is 23.8 Å². The SMILES string of the molecule is C=C(/C(C(=O)O)=C(\S)NC(=O)c1ccc(SN)c(N)c1)c1cc2cccc(OC)c2o1. The number of carboxylic acid groups (broad SMARTS) is 1. The number of rotatable bonds is 7. The third-order valence-corrected chi connectivity index (χ3v) is 5.37. The van der Waals surface area contributed by atoms with E-state index in [9.17, 15) is 14.7 Å². The summed E-state index contributed by atoms with van der Waals surface area (Å²) >= 11 is 5.15. The first-order chi connectivity index (χ1) is 14.8. The van der Waals surface area contributed by atoms with Crippen LogP contribution in [0.3, 0.4) is 0 Å². The highest BCUT2D eigenvalue weighted by Crippen LogP contribution is 2.34. The van der Waals surface area contributed by atoms with E-state index in [1.165, 1.54) is 19.2 Å². The smallest absolute Gasteiger partial charge is 0.339 e. The van der Waals surface area contributed by atoms with Crippen molar-refractivity contribution in [1.82, 2.24) is 5.32 Å². The summed E-state index contributed by atoms with van der Waals surface area (Å²) in [4.78, 5) is 25.1. The Labute approximate surface area is 187 Å². The number of para-hydroxylation sites is 1. The molecule has 1 heterocycles. The Morgan fingerprint density at radius 1 is 1.26 bits per heavy atom. The Morgan fingerprint density at radius 3 is 2.61 bits per heavy atom. The van der Waals surface area contributed by atoms with Crippen molar-refractivity contribution in [3.63, 3.8) is 0 Å². The van der Waals surface area contributed by atoms with Crippen LogP contribution in [0.5, 0.6) is 5.75 Å². The minimum atomic E-state index is -1.34. The maximum atomic E-state index is 12.6. The molecule has 0 fully saturated rings. The Bertz CT molecular complexity index is 1230. The molecular formula is C21H19N3O5S2. The number of aliphatic carboxylic acids is 1. The number of nitrogens with one attached hydrogen (secondary N) is 1. The van der Waals surface area contributed by atoms with Crippen molar-refractivity contribution in [2.75, 3.05) is 12.8 Å². The van der Waals surface area contributed by atoms with Gasteiger partial charge in [0.25, 0.3) is 5.91 Å². The maximum Gasteiger partial charge on any atom is 0.339 e. The molecule has 0 aliphatic carbocycles. The lowest BCUT2D eigenvalue weighted by Crippen LogP contribution is -2.23. The summed E-state index contributed by atoms with van der Waals surface area (Å²) < 4.78 is 11.0. The number of nitrogen functional groups attached to an aromatic ring is 1. The summed E-state index contributed by atoms with van der Waals surface area (Å²) in [7, 11) is 1.50. The van der Waals surface area contributed by atoms with E-state index in [1.54, 1.807) is 30.3 Å². The van der Waals surface area contributed by atoms with Gasteiger partial charge in [-0.1, -0.05) is 18.7 Å². The second-order valence-corrected chi connectivity index (χ2v) is 7.44. The average Bonchev–Trinajstić information content (AvgIpc) is 3.17. The number of methoxy groups -OCH3 is 1. The average molecular weight is 458 g/mol. The number of carboxylic acids is 1. The van der Waals surface area contributed by atoms with Crippen molar-refractivity contribution in [2.24, 2.45) is 5.14 Å². The molecule has 0 aliphatic heterocycles. The molecule has 0 aliphatic rings. The molecule has 0 saturated carbocycles. The molecule has 0 saturated heterocycles. The molecule has 3 aromatic rings. The van der Waals surface area contributed by atoms with E-state index in [2.05, 4.69) is 24.5 Å². The number of carbonyl (C=O) groups excluding carboxylic acids is 1. The van der Waals surface area contributed by atoms with Crippen LogP contribution in [0.2, 0.25) is 0 Å². The van der Waals surface area contributed by atoms with E-state index in [-0.39, 0.29) is 27.5 Å². The number of hydrogen-bond acceptors (Lipinski definition) is 8. The third kappa shape index (κ3) is 4.55. The molecule has 0 bridgehead atoms. The number of carbonyl (C=O) groups is 2. The molecule has 8 nitrogen and oxygen atoms in total. The number of furan rings is 1. The van der Waals surface area contributed by atoms with Crippen molar-refractivity contribution in [3.05, 3.63) is 71.0 Å². The third-order valence-electron chi connectivity index (χ3n) is 4.41. The molecule has 0 unspecified atom stereocenters. The molecule has 0 radical (unpaired) electrons. The van der Waals surface area contributed by atoms with Gasteiger partial charge in [0.2, 0.25) is 0 Å². The van der Waals surface area contributed by atoms with Gasteiger partial charge in [0.1, 0.15) is 5.76 Å². The van der Waals surface area contributed by atoms with Crippen molar-refractivity contribution in [2.45, 2.75) is 4.90 Å². The van der Waals surface area contributed by atoms with Crippen LogP contribution in [0, 0.1) is 0 Å². The number of hydrogen-bond donors (Lipinski definition) is 5. The van der Waals surface area contributed by atoms with Crippen LogP contribution < -0.4 is 20.9 Å². The van der Waals surface area contributed by atoms with E-state index in [0.29, 0.717) is 27.3 Å². The Balaban J connectivity index is 1.94. The lowest BCUT2D eigenvalue weighted by molar-refractivity contribution is -0.132. The van der Waals surface area contributed by atoms with Gasteiger partial charge in [-0.15, -0.1) is 12.6 Å². The van der Waals surface area contributed by atoms with Gasteiger partial charge >= 0.3 is 5.97 Å². The summed E-state index contributed by atoms with van der Waals surface area (Å²) in [5, 5.41) is 18.2. The van der Waals surface area contributed by atoms with Gasteiger partial charge in [-0.2, -0.15) is 0 Å². The number of thiol groups is 1. The predicted molar refractivity (Wildman–Crippen MR) is 124 cm³/mol. The normalized spacial score (nSPS) is 11.7. The molecular weight excluding hydrogens is 438 g/mol. The van der Waals surface area contributed by atoms with Gasteiger partial charge in [-0.05, 0) is 42.3 Å². The zero-order valence-electron chi connectivity index (χ0n) is 16.3. The van der Waals surface area contributed by atoms with Crippen LogP contribution in [0.25, 0.3) is 16.5 Å². The van der Waals surface area contributed by atoms with Gasteiger partial charge in [0, 0.05) is 27.1 Å². The van der Waals surface area contributed by atoms with Gasteiger partial charge in [-0.3, -0.25) is 9.93 Å². The van der Waals surface area contributed by atoms with Crippen LogP contribution in [-0.2, 0) is 4.79 Å². The summed E-state index contributed by atoms with van der Waals surface area (Å²) in [5.41, 5.74) is 6.55. The van der Waals surface area contributed by atoms with Gasteiger partial charge in [0.15, 0.2) is 11.3 Å². The zero-order chi connectivity index (χ0) is 22.7. The lowest BCUT2D eigenvalue weighted by atomic mass is 10.1. The molecule has 3 rings (SSSR count). The number of ether oxygens (including phenoxy) is 1. The lowest BCUT2D eigenvalue weighted by Gasteiger charge is -2.11. The monoisotopic (exact) mass is 457 g/mol. The highest BCUT2D eigenvalue weighted by atomic mass is 32.2. The number of benzene rings is 2. The summed E-state index contributed by atoms with van der Waals surface area (Å²) in [6.07, 6.45) is 0. The molecule has 31 heavy (non-hydrogen) atoms. The first-order valence-electron chi connectivity index (χ1n) is 8.77. The summed E-state index contributed by atoms with van der Waals surface area (Å²) in [6.45, 7) is 3.83. The van der Waals surface area contributed by atoms with Crippen molar-refractivity contribution >= 4 is 58.7 Å². The minimum Gasteiger partial charge on any atom is -0.493 e. The first kappa shape index (κ1) is 22.3. The Kier molecular flexibility index (Phi) is 6.64. The van der Waals surface area contributed by atoms with Crippen LogP contribution in [0.1, 0.15) is 16.1 Å². The molecule has 0 spiro atoms. The predicted octanol–water partition coefficient (Wildman–Crippen LogP) is 3.66. The van der Waals surface area contributed by atoms with Crippen molar-refractivity contribution in [3.8, 4) is 5.75 Å². The molecule has 10 heteroatoms. The number of anilines is 1. The van der Waals surface area contributed by atoms with Gasteiger partial charge in [0.05, 0.1) is 17.7 Å². The molecule has 1 amide bonds. The van der Waals surface area contributed by atoms with E-state index >= 15 is 0 Å². The molecule has 2 aromatic carbocycles. The standard InChI is InChI=1S/C21H19N3O5S2/c1-10(15-9-11-4-3-5-14(28-2)18(11)29-15)17(21(26)27)20(30)24-19(25)12-6-7-16(31-23)13(22)8-12/h3-9,30H,1,22-23H2,2H3,(H,24,25)(H,26,27)/b20-17+. The topological polar surface area (TPSA) is 141 Å². The number of fused-ring (bicyclic) bond motifs is 1. The second-order valence-electron chi connectivity index (χ2n) is 6.32. The van der Waals surface area contributed by atoms with Crippen LogP contribution >= 0.6 is 24.6 Å². The maximum absolute atomic E-state index is 12.6. The van der Waals surface area contributed by atoms with Gasteiger partial charge in [-0.25, -0.2) is 4.79 Å². The Morgan fingerprint density at radius 2 is 2.00 bits per heavy atom. The van der Waals surface area contributed by atoms with E-state index in [4.69, 9.17) is 20.0 Å². The molecule has 0 atom stereocenters. The second kappa shape index (κ2) is 9.21. The fourth-order valence-electron chi connectivity index (χ4n) is 2.88. The largest absolute Gasteiger partial charge is 0.493 e. The molecule has 160 valence electrons. The fourth-order valence-corrected chi connectivity index (χ4v) is 3.56. The van der Waals surface area contributed by atoms with E-state index in [1.807, 2.05) is 0 Å². The van der Waals surface area contributed by atoms with Crippen molar-refractivity contribution in [1.29, 1.82) is 0 Å². The van der Waals surface area contributed by atoms with Crippen LogP contribution in [0.15, 0.2) is 69.0 Å². The molecule has 1 aromatic heterocycles. The fraction of sp³-hybridized carbons (Fsp3) is 0.0476. The molecule has 6 N–H and O–H groups in total. The first-order valence-corrected chi connectivity index (χ1v) is 10.1. The minimum absolute atomic E-state index is 0.0328. The zero-order valence-corrected chi connectivity index (χ0v) is 18.0. The Hall–Kier alpha value is -3.34. The van der Waals surface area contributed by atoms with E-state index in [0.717, 1.165) is 11.9 Å². The van der Waals surface area contributed by atoms with Crippen LogP contribution in [0.4, 0.5) is 5.69 Å². The van der Waals surface area contributed by atoms with E-state index < -0.39 is 11.9 Å².